The molecule has 0 fully saturated rings. The number of thiazole rings is 1. The maximum absolute atomic E-state index is 10.9. The van der Waals surface area contributed by atoms with E-state index in [1.165, 1.54) is 23.5 Å². The summed E-state index contributed by atoms with van der Waals surface area (Å²) in [6.45, 7) is 1.77. The second kappa shape index (κ2) is 6.93. The van der Waals surface area contributed by atoms with Crippen molar-refractivity contribution in [1.29, 1.82) is 5.26 Å². The van der Waals surface area contributed by atoms with Crippen molar-refractivity contribution < 1.29 is 4.92 Å². The van der Waals surface area contributed by atoms with E-state index >= 15 is 0 Å². The molecule has 3 aromatic rings. The van der Waals surface area contributed by atoms with Gasteiger partial charge in [0.1, 0.15) is 10.9 Å². The molecule has 7 nitrogen and oxygen atoms in total. The van der Waals surface area contributed by atoms with E-state index in [1.54, 1.807) is 30.5 Å². The average Bonchev–Trinajstić information content (AvgIpc) is 3.04. The number of nitro groups is 1. The zero-order chi connectivity index (χ0) is 18.0. The molecule has 0 saturated heterocycles. The summed E-state index contributed by atoms with van der Waals surface area (Å²) in [6.07, 6.45) is 0. The normalized spacial score (nSPS) is 11.7. The second-order valence-electron chi connectivity index (χ2n) is 5.14. The largest absolute Gasteiger partial charge is 0.270 e. The van der Waals surface area contributed by atoms with Crippen LogP contribution in [-0.2, 0) is 0 Å². The third-order valence-electron chi connectivity index (χ3n) is 3.39. The van der Waals surface area contributed by atoms with Gasteiger partial charge in [0.15, 0.2) is 0 Å². The highest BCUT2D eigenvalue weighted by molar-refractivity contribution is 7.10. The van der Waals surface area contributed by atoms with Crippen LogP contribution in [0.15, 0.2) is 35.7 Å². The number of nitriles is 1. The Bertz CT molecular complexity index is 978. The predicted octanol–water partition coefficient (Wildman–Crippen LogP) is 4.13. The van der Waals surface area contributed by atoms with Crippen molar-refractivity contribution in [2.75, 3.05) is 0 Å². The Morgan fingerprint density at radius 1 is 1.32 bits per heavy atom. The third-order valence-corrected chi connectivity index (χ3v) is 4.47. The minimum Gasteiger partial charge on any atom is -0.258 e. The zero-order valence-corrected chi connectivity index (χ0v) is 14.5. The number of aryl methyl sites for hydroxylation is 1. The molecule has 0 aliphatic carbocycles. The third kappa shape index (κ3) is 3.63. The molecule has 124 valence electrons. The van der Waals surface area contributed by atoms with E-state index in [0.717, 1.165) is 0 Å². The number of non-ortho nitro benzene ring substituents is 1. The molecular weight excluding hydrogens is 362 g/mol. The van der Waals surface area contributed by atoms with Crippen molar-refractivity contribution in [2.24, 2.45) is 0 Å². The summed E-state index contributed by atoms with van der Waals surface area (Å²) in [6, 6.07) is 10.1. The molecule has 0 aliphatic heterocycles. The fourth-order valence-electron chi connectivity index (χ4n) is 2.28. The van der Waals surface area contributed by atoms with Crippen LogP contribution in [0.2, 0.25) is 5.28 Å². The standard InChI is InChI=1S/C16H10ClN5O2S/c1-9-5-13(21-16(17)19-9)12(7-18)15-20-14(8-25-15)10-3-2-4-11(6-10)22(23)24/h2-6,8,12H,1H3/t12-/m0/s1. The fraction of sp³-hybridized carbons (Fsp3) is 0.125. The summed E-state index contributed by atoms with van der Waals surface area (Å²) in [7, 11) is 0. The average molecular weight is 372 g/mol. The number of rotatable bonds is 4. The van der Waals surface area contributed by atoms with Crippen molar-refractivity contribution in [1.82, 2.24) is 15.0 Å². The minimum absolute atomic E-state index is 0.0120. The first-order valence-corrected chi connectivity index (χ1v) is 8.34. The number of aromatic nitrogens is 3. The zero-order valence-electron chi connectivity index (χ0n) is 12.9. The number of benzene rings is 1. The van der Waals surface area contributed by atoms with Crippen molar-refractivity contribution in [3.05, 3.63) is 67.5 Å². The van der Waals surface area contributed by atoms with Gasteiger partial charge in [-0.15, -0.1) is 11.3 Å². The molecule has 0 spiro atoms. The highest BCUT2D eigenvalue weighted by Gasteiger charge is 2.21. The smallest absolute Gasteiger partial charge is 0.258 e. The number of hydrogen-bond acceptors (Lipinski definition) is 7. The van der Waals surface area contributed by atoms with Crippen molar-refractivity contribution >= 4 is 28.6 Å². The molecule has 0 unspecified atom stereocenters. The molecular formula is C16H10ClN5O2S. The van der Waals surface area contributed by atoms with Crippen LogP contribution in [0.5, 0.6) is 0 Å². The summed E-state index contributed by atoms with van der Waals surface area (Å²) >= 11 is 7.17. The number of hydrogen-bond donors (Lipinski definition) is 0. The van der Waals surface area contributed by atoms with Gasteiger partial charge in [-0.05, 0) is 24.6 Å². The highest BCUT2D eigenvalue weighted by atomic mass is 35.5. The van der Waals surface area contributed by atoms with Crippen molar-refractivity contribution in [3.63, 3.8) is 0 Å². The number of nitrogens with zero attached hydrogens (tertiary/aromatic N) is 5. The summed E-state index contributed by atoms with van der Waals surface area (Å²) < 4.78 is 0. The van der Waals surface area contributed by atoms with Gasteiger partial charge in [0.05, 0.1) is 22.4 Å². The Morgan fingerprint density at radius 2 is 2.12 bits per heavy atom. The van der Waals surface area contributed by atoms with Crippen LogP contribution in [0.3, 0.4) is 0 Å². The topological polar surface area (TPSA) is 106 Å². The van der Waals surface area contributed by atoms with Crippen LogP contribution in [0, 0.1) is 28.4 Å². The molecule has 2 aromatic heterocycles. The van der Waals surface area contributed by atoms with Gasteiger partial charge in [-0.3, -0.25) is 10.1 Å². The van der Waals surface area contributed by atoms with Gasteiger partial charge >= 0.3 is 0 Å². The Balaban J connectivity index is 1.98. The lowest BCUT2D eigenvalue weighted by atomic mass is 10.1. The first-order chi connectivity index (χ1) is 12.0. The summed E-state index contributed by atoms with van der Waals surface area (Å²) in [5, 5.41) is 22.8. The van der Waals surface area contributed by atoms with E-state index in [1.807, 2.05) is 0 Å². The summed E-state index contributed by atoms with van der Waals surface area (Å²) in [5.74, 6) is -0.684. The number of nitro benzene ring substituents is 1. The quantitative estimate of drug-likeness (QED) is 0.388. The van der Waals surface area contributed by atoms with E-state index in [-0.39, 0.29) is 11.0 Å². The van der Waals surface area contributed by atoms with Gasteiger partial charge < -0.3 is 0 Å². The Hall–Kier alpha value is -2.89. The van der Waals surface area contributed by atoms with E-state index in [9.17, 15) is 15.4 Å². The van der Waals surface area contributed by atoms with Crippen molar-refractivity contribution in [3.8, 4) is 17.3 Å². The van der Waals surface area contributed by atoms with Gasteiger partial charge in [-0.1, -0.05) is 12.1 Å². The lowest BCUT2D eigenvalue weighted by Crippen LogP contribution is -2.03. The summed E-state index contributed by atoms with van der Waals surface area (Å²) in [4.78, 5) is 23.0. The Kier molecular flexibility index (Phi) is 4.70. The molecule has 0 N–H and O–H groups in total. The maximum Gasteiger partial charge on any atom is 0.270 e. The predicted molar refractivity (Wildman–Crippen MR) is 93.4 cm³/mol. The van der Waals surface area contributed by atoms with Crippen LogP contribution in [-0.4, -0.2) is 19.9 Å². The summed E-state index contributed by atoms with van der Waals surface area (Å²) in [5.41, 5.74) is 2.30. The highest BCUT2D eigenvalue weighted by Crippen LogP contribution is 2.31. The van der Waals surface area contributed by atoms with Crippen LogP contribution in [0.25, 0.3) is 11.3 Å². The molecule has 2 heterocycles. The second-order valence-corrected chi connectivity index (χ2v) is 6.37. The Morgan fingerprint density at radius 3 is 2.80 bits per heavy atom. The monoisotopic (exact) mass is 371 g/mol. The molecule has 1 atom stereocenters. The van der Waals surface area contributed by atoms with Gasteiger partial charge in [0.25, 0.3) is 5.69 Å². The van der Waals surface area contributed by atoms with Gasteiger partial charge in [0, 0.05) is 28.8 Å². The van der Waals surface area contributed by atoms with Crippen LogP contribution >= 0.6 is 22.9 Å². The fourth-order valence-corrected chi connectivity index (χ4v) is 3.40. The molecule has 0 bridgehead atoms. The SMILES string of the molecule is Cc1cc([C@H](C#N)c2nc(-c3cccc([N+](=O)[O-])c3)cs2)nc(Cl)n1. The Labute approximate surface area is 151 Å². The van der Waals surface area contributed by atoms with E-state index in [0.29, 0.717) is 27.7 Å². The van der Waals surface area contributed by atoms with Crippen LogP contribution in [0.1, 0.15) is 22.3 Å². The van der Waals surface area contributed by atoms with Crippen LogP contribution < -0.4 is 0 Å². The lowest BCUT2D eigenvalue weighted by Gasteiger charge is -2.06. The first-order valence-electron chi connectivity index (χ1n) is 7.09. The maximum atomic E-state index is 10.9. The molecule has 3 rings (SSSR count). The first kappa shape index (κ1) is 17.0. The van der Waals surface area contributed by atoms with Gasteiger partial charge in [-0.25, -0.2) is 15.0 Å². The van der Waals surface area contributed by atoms with Gasteiger partial charge in [-0.2, -0.15) is 5.26 Å². The molecule has 0 amide bonds. The molecule has 25 heavy (non-hydrogen) atoms. The molecule has 0 saturated carbocycles. The molecule has 0 aliphatic rings. The van der Waals surface area contributed by atoms with Gasteiger partial charge in [0.2, 0.25) is 5.28 Å². The van der Waals surface area contributed by atoms with E-state index < -0.39 is 10.8 Å². The molecule has 0 radical (unpaired) electrons. The molecule has 9 heteroatoms. The van der Waals surface area contributed by atoms with Crippen LogP contribution in [0.4, 0.5) is 5.69 Å². The minimum atomic E-state index is -0.684. The lowest BCUT2D eigenvalue weighted by molar-refractivity contribution is -0.384. The van der Waals surface area contributed by atoms with Crippen molar-refractivity contribution in [2.45, 2.75) is 12.8 Å². The molecule has 1 aromatic carbocycles. The number of halogens is 1. The van der Waals surface area contributed by atoms with E-state index in [2.05, 4.69) is 21.0 Å². The van der Waals surface area contributed by atoms with E-state index in [4.69, 9.17) is 11.6 Å².